The molecular weight excluding hydrogens is 352 g/mol. The van der Waals surface area contributed by atoms with Crippen LogP contribution < -0.4 is 5.32 Å². The number of nitrogens with one attached hydrogen (secondary N) is 1. The van der Waals surface area contributed by atoms with E-state index in [1.807, 2.05) is 0 Å². The first kappa shape index (κ1) is 20.3. The molecule has 2 rings (SSSR count). The van der Waals surface area contributed by atoms with Crippen LogP contribution in [0.3, 0.4) is 0 Å². The highest BCUT2D eigenvalue weighted by atomic mass is 16.4. The number of carboxylic acid groups (broad SMARTS) is 1. The van der Waals surface area contributed by atoms with Crippen LogP contribution in [0.4, 0.5) is 0 Å². The molecule has 0 bridgehead atoms. The summed E-state index contributed by atoms with van der Waals surface area (Å²) in [5.41, 5.74) is 0.616. The minimum absolute atomic E-state index is 0.195. The third kappa shape index (κ3) is 5.25. The van der Waals surface area contributed by atoms with Crippen LogP contribution in [-0.2, 0) is 9.59 Å². The van der Waals surface area contributed by atoms with Crippen molar-refractivity contribution in [3.05, 3.63) is 29.6 Å². The van der Waals surface area contributed by atoms with E-state index in [0.29, 0.717) is 37.9 Å². The molecule has 1 aliphatic heterocycles. The molecule has 1 atom stereocenters. The molecule has 2 N–H and O–H groups in total. The largest absolute Gasteiger partial charge is 0.480 e. The Kier molecular flexibility index (Phi) is 6.86. The molecule has 27 heavy (non-hydrogen) atoms. The van der Waals surface area contributed by atoms with Crippen molar-refractivity contribution in [2.75, 3.05) is 26.7 Å². The Hall–Kier alpha value is -2.97. The fraction of sp³-hybridized carbons (Fsp3) is 0.500. The summed E-state index contributed by atoms with van der Waals surface area (Å²) in [7, 11) is 1.51. The number of carboxylic acids is 1. The lowest BCUT2D eigenvalue weighted by molar-refractivity contribution is -0.145. The molecule has 1 fully saturated rings. The Labute approximate surface area is 157 Å². The van der Waals surface area contributed by atoms with Crippen molar-refractivity contribution >= 4 is 23.7 Å². The van der Waals surface area contributed by atoms with Gasteiger partial charge in [-0.25, -0.2) is 0 Å². The Balaban J connectivity index is 2.04. The summed E-state index contributed by atoms with van der Waals surface area (Å²) in [4.78, 5) is 54.1. The standard InChI is InChI=1S/C18H24N4O5/c1-12(23)22(11-16(24)25)14-4-3-8-21(9-7-14)18(27)13-5-6-15(20-10-13)17(26)19-2/h5-6,10,14H,3-4,7-9,11H2,1-2H3,(H,19,26)(H,24,25). The summed E-state index contributed by atoms with van der Waals surface area (Å²) in [5, 5.41) is 11.5. The lowest BCUT2D eigenvalue weighted by Gasteiger charge is -2.28. The topological polar surface area (TPSA) is 120 Å². The fourth-order valence-electron chi connectivity index (χ4n) is 3.20. The van der Waals surface area contributed by atoms with Gasteiger partial charge in [0.1, 0.15) is 12.2 Å². The molecule has 1 saturated heterocycles. The third-order valence-electron chi connectivity index (χ3n) is 4.61. The van der Waals surface area contributed by atoms with Gasteiger partial charge in [-0.2, -0.15) is 0 Å². The molecule has 9 nitrogen and oxygen atoms in total. The van der Waals surface area contributed by atoms with Crippen LogP contribution in [0.5, 0.6) is 0 Å². The van der Waals surface area contributed by atoms with Crippen molar-refractivity contribution in [1.29, 1.82) is 0 Å². The second-order valence-corrected chi connectivity index (χ2v) is 6.43. The number of hydrogen-bond donors (Lipinski definition) is 2. The first-order valence-electron chi connectivity index (χ1n) is 8.80. The maximum Gasteiger partial charge on any atom is 0.323 e. The predicted octanol–water partition coefficient (Wildman–Crippen LogP) is 0.369. The molecule has 1 unspecified atom stereocenters. The highest BCUT2D eigenvalue weighted by molar-refractivity contribution is 5.96. The SMILES string of the molecule is CNC(=O)c1ccc(C(=O)N2CCCC(N(CC(=O)O)C(C)=O)CC2)cn1. The Bertz CT molecular complexity index is 719. The molecule has 3 amide bonds. The van der Waals surface area contributed by atoms with Crippen molar-refractivity contribution in [2.24, 2.45) is 0 Å². The van der Waals surface area contributed by atoms with Crippen molar-refractivity contribution < 1.29 is 24.3 Å². The van der Waals surface area contributed by atoms with Gasteiger partial charge >= 0.3 is 5.97 Å². The van der Waals surface area contributed by atoms with Gasteiger partial charge in [-0.15, -0.1) is 0 Å². The van der Waals surface area contributed by atoms with E-state index in [1.54, 1.807) is 11.0 Å². The average Bonchev–Trinajstić information content (AvgIpc) is 2.90. The highest BCUT2D eigenvalue weighted by Gasteiger charge is 2.28. The molecule has 9 heteroatoms. The quantitative estimate of drug-likeness (QED) is 0.766. The number of aromatic nitrogens is 1. The van der Waals surface area contributed by atoms with Gasteiger partial charge in [0, 0.05) is 39.3 Å². The maximum absolute atomic E-state index is 12.7. The van der Waals surface area contributed by atoms with E-state index in [-0.39, 0.29) is 36.0 Å². The zero-order valence-electron chi connectivity index (χ0n) is 15.5. The van der Waals surface area contributed by atoms with Gasteiger partial charge in [0.15, 0.2) is 0 Å². The lowest BCUT2D eigenvalue weighted by atomic mass is 10.1. The van der Waals surface area contributed by atoms with Crippen molar-refractivity contribution in [3.63, 3.8) is 0 Å². The molecular formula is C18H24N4O5. The van der Waals surface area contributed by atoms with Crippen LogP contribution in [-0.4, -0.2) is 76.3 Å². The molecule has 146 valence electrons. The number of nitrogens with zero attached hydrogens (tertiary/aromatic N) is 3. The molecule has 0 aromatic carbocycles. The number of pyridine rings is 1. The first-order chi connectivity index (χ1) is 12.8. The Morgan fingerprint density at radius 3 is 2.56 bits per heavy atom. The second kappa shape index (κ2) is 9.11. The van der Waals surface area contributed by atoms with Gasteiger partial charge in [-0.1, -0.05) is 0 Å². The van der Waals surface area contributed by atoms with Crippen LogP contribution in [0.15, 0.2) is 18.3 Å². The molecule has 1 aromatic heterocycles. The minimum Gasteiger partial charge on any atom is -0.480 e. The zero-order chi connectivity index (χ0) is 20.0. The highest BCUT2D eigenvalue weighted by Crippen LogP contribution is 2.19. The Morgan fingerprint density at radius 1 is 1.26 bits per heavy atom. The van der Waals surface area contributed by atoms with Gasteiger partial charge in [0.2, 0.25) is 5.91 Å². The molecule has 1 aliphatic rings. The first-order valence-corrected chi connectivity index (χ1v) is 8.80. The van der Waals surface area contributed by atoms with Crippen LogP contribution in [0.2, 0.25) is 0 Å². The Morgan fingerprint density at radius 2 is 2.00 bits per heavy atom. The summed E-state index contributed by atoms with van der Waals surface area (Å²) in [6.07, 6.45) is 3.21. The zero-order valence-corrected chi connectivity index (χ0v) is 15.5. The van der Waals surface area contributed by atoms with Crippen LogP contribution in [0.1, 0.15) is 47.0 Å². The van der Waals surface area contributed by atoms with Crippen LogP contribution >= 0.6 is 0 Å². The van der Waals surface area contributed by atoms with Crippen molar-refractivity contribution in [2.45, 2.75) is 32.2 Å². The van der Waals surface area contributed by atoms with E-state index in [0.717, 1.165) is 0 Å². The lowest BCUT2D eigenvalue weighted by Crippen LogP contribution is -2.43. The van der Waals surface area contributed by atoms with Crippen molar-refractivity contribution in [3.8, 4) is 0 Å². The maximum atomic E-state index is 12.7. The molecule has 0 saturated carbocycles. The van der Waals surface area contributed by atoms with E-state index >= 15 is 0 Å². The molecule has 0 aliphatic carbocycles. The summed E-state index contributed by atoms with van der Waals surface area (Å²) in [6, 6.07) is 2.86. The number of aliphatic carboxylic acids is 1. The summed E-state index contributed by atoms with van der Waals surface area (Å²) < 4.78 is 0. The molecule has 0 spiro atoms. The van der Waals surface area contributed by atoms with Crippen LogP contribution in [0.25, 0.3) is 0 Å². The molecule has 0 radical (unpaired) electrons. The number of hydrogen-bond acceptors (Lipinski definition) is 5. The minimum atomic E-state index is -1.05. The normalized spacial score (nSPS) is 17.0. The van der Waals surface area contributed by atoms with E-state index in [9.17, 15) is 19.2 Å². The molecule has 1 aromatic rings. The smallest absolute Gasteiger partial charge is 0.323 e. The van der Waals surface area contributed by atoms with Gasteiger partial charge in [0.25, 0.3) is 11.8 Å². The summed E-state index contributed by atoms with van der Waals surface area (Å²) in [6.45, 7) is 1.96. The van der Waals surface area contributed by atoms with E-state index < -0.39 is 5.97 Å². The molecule has 2 heterocycles. The summed E-state index contributed by atoms with van der Waals surface area (Å²) in [5.74, 6) is -1.85. The van der Waals surface area contributed by atoms with E-state index in [1.165, 1.54) is 31.1 Å². The number of amides is 3. The van der Waals surface area contributed by atoms with Gasteiger partial charge < -0.3 is 20.2 Å². The number of carbonyl (C=O) groups excluding carboxylic acids is 3. The van der Waals surface area contributed by atoms with Crippen molar-refractivity contribution in [1.82, 2.24) is 20.1 Å². The van der Waals surface area contributed by atoms with Gasteiger partial charge in [-0.05, 0) is 31.4 Å². The van der Waals surface area contributed by atoms with Crippen LogP contribution in [0, 0.1) is 0 Å². The monoisotopic (exact) mass is 376 g/mol. The average molecular weight is 376 g/mol. The summed E-state index contributed by atoms with van der Waals surface area (Å²) >= 11 is 0. The predicted molar refractivity (Wildman–Crippen MR) is 96.2 cm³/mol. The van der Waals surface area contributed by atoms with E-state index in [4.69, 9.17) is 5.11 Å². The van der Waals surface area contributed by atoms with Gasteiger partial charge in [0.05, 0.1) is 5.56 Å². The van der Waals surface area contributed by atoms with Gasteiger partial charge in [-0.3, -0.25) is 24.2 Å². The number of likely N-dealkylation sites (tertiary alicyclic amines) is 1. The fourth-order valence-corrected chi connectivity index (χ4v) is 3.20. The third-order valence-corrected chi connectivity index (χ3v) is 4.61. The number of rotatable bonds is 5. The number of carbonyl (C=O) groups is 4. The second-order valence-electron chi connectivity index (χ2n) is 6.43. The van der Waals surface area contributed by atoms with E-state index in [2.05, 4.69) is 10.3 Å².